The van der Waals surface area contributed by atoms with Gasteiger partial charge in [0.25, 0.3) is 0 Å². The number of para-hydroxylation sites is 1. The highest BCUT2D eigenvalue weighted by atomic mass is 32.2. The average Bonchev–Trinajstić information content (AvgIpc) is 2.49. The molecule has 3 nitrogen and oxygen atoms in total. The van der Waals surface area contributed by atoms with Crippen molar-refractivity contribution in [2.24, 2.45) is 0 Å². The van der Waals surface area contributed by atoms with Gasteiger partial charge in [-0.1, -0.05) is 25.5 Å². The lowest BCUT2D eigenvalue weighted by molar-refractivity contribution is 0.404. The minimum absolute atomic E-state index is 0.551. The minimum Gasteiger partial charge on any atom is -0.495 e. The normalized spacial score (nSPS) is 13.9. The Hall–Kier alpha value is -0.870. The predicted octanol–water partition coefficient (Wildman–Crippen LogP) is 3.36. The third-order valence-corrected chi connectivity index (χ3v) is 4.76. The molecule has 1 N–H and O–H groups in total. The third kappa shape index (κ3) is 6.06. The van der Waals surface area contributed by atoms with Crippen LogP contribution in [0.15, 0.2) is 29.2 Å². The number of hydrogen-bond acceptors (Lipinski definition) is 3. The molecule has 0 spiro atoms. The minimum atomic E-state index is -0.960. The lowest BCUT2D eigenvalue weighted by atomic mass is 10.1. The molecule has 0 heterocycles. The van der Waals surface area contributed by atoms with E-state index in [9.17, 15) is 4.21 Å². The lowest BCUT2D eigenvalue weighted by Gasteiger charge is -2.12. The zero-order valence-electron chi connectivity index (χ0n) is 12.9. The summed E-state index contributed by atoms with van der Waals surface area (Å²) < 4.78 is 17.5. The van der Waals surface area contributed by atoms with Gasteiger partial charge in [0.1, 0.15) is 5.75 Å². The van der Waals surface area contributed by atoms with Gasteiger partial charge in [0, 0.05) is 11.8 Å². The van der Waals surface area contributed by atoms with E-state index in [-0.39, 0.29) is 0 Å². The van der Waals surface area contributed by atoms with Crippen molar-refractivity contribution in [2.45, 2.75) is 50.5 Å². The number of unbranched alkanes of at least 4 members (excludes halogenated alkanes) is 1. The maximum Gasteiger partial charge on any atom is 0.134 e. The highest BCUT2D eigenvalue weighted by Crippen LogP contribution is 2.22. The van der Waals surface area contributed by atoms with Crippen LogP contribution >= 0.6 is 0 Å². The van der Waals surface area contributed by atoms with Crippen molar-refractivity contribution < 1.29 is 8.95 Å². The summed E-state index contributed by atoms with van der Waals surface area (Å²) in [5.41, 5.74) is 0. The number of rotatable bonds is 10. The monoisotopic (exact) mass is 297 g/mol. The number of nitrogens with one attached hydrogen (secondary N) is 1. The maximum absolute atomic E-state index is 12.3. The molecule has 1 rings (SSSR count). The van der Waals surface area contributed by atoms with Crippen LogP contribution in [0.4, 0.5) is 0 Å². The van der Waals surface area contributed by atoms with Crippen molar-refractivity contribution >= 4 is 10.8 Å². The molecule has 1 aromatic carbocycles. The quantitative estimate of drug-likeness (QED) is 0.673. The second kappa shape index (κ2) is 9.94. The first-order chi connectivity index (χ1) is 9.69. The van der Waals surface area contributed by atoms with Crippen LogP contribution in [0.25, 0.3) is 0 Å². The standard InChI is InChI=1S/C16H27NO2S/c1-4-12-17-14(2)9-7-8-13-20(18)16-11-6-5-10-15(16)19-3/h5-6,10-11,14,17H,4,7-9,12-13H2,1-3H3. The van der Waals surface area contributed by atoms with Gasteiger partial charge in [0.2, 0.25) is 0 Å². The van der Waals surface area contributed by atoms with E-state index < -0.39 is 10.8 Å². The van der Waals surface area contributed by atoms with Crippen molar-refractivity contribution in [3.63, 3.8) is 0 Å². The summed E-state index contributed by atoms with van der Waals surface area (Å²) in [4.78, 5) is 0.812. The molecule has 4 heteroatoms. The Morgan fingerprint density at radius 3 is 2.75 bits per heavy atom. The molecule has 114 valence electrons. The van der Waals surface area contributed by atoms with E-state index in [1.54, 1.807) is 7.11 Å². The number of methoxy groups -OCH3 is 1. The van der Waals surface area contributed by atoms with Crippen LogP contribution in [-0.4, -0.2) is 29.7 Å². The summed E-state index contributed by atoms with van der Waals surface area (Å²) in [6.07, 6.45) is 4.41. The van der Waals surface area contributed by atoms with Crippen molar-refractivity contribution in [1.82, 2.24) is 5.32 Å². The van der Waals surface area contributed by atoms with Crippen LogP contribution in [-0.2, 0) is 10.8 Å². The fourth-order valence-electron chi connectivity index (χ4n) is 2.09. The molecule has 0 aliphatic heterocycles. The number of ether oxygens (including phenoxy) is 1. The zero-order chi connectivity index (χ0) is 14.8. The molecule has 0 radical (unpaired) electrons. The molecule has 0 saturated heterocycles. The predicted molar refractivity (Wildman–Crippen MR) is 85.9 cm³/mol. The molecular weight excluding hydrogens is 270 g/mol. The zero-order valence-corrected chi connectivity index (χ0v) is 13.7. The summed E-state index contributed by atoms with van der Waals surface area (Å²) in [6, 6.07) is 8.12. The first-order valence-electron chi connectivity index (χ1n) is 7.43. The van der Waals surface area contributed by atoms with Gasteiger partial charge in [-0.05, 0) is 44.9 Å². The van der Waals surface area contributed by atoms with Gasteiger partial charge in [-0.3, -0.25) is 4.21 Å². The number of benzene rings is 1. The van der Waals surface area contributed by atoms with Crippen molar-refractivity contribution in [3.05, 3.63) is 24.3 Å². The summed E-state index contributed by atoms with van der Waals surface area (Å²) in [5, 5.41) is 3.47. The molecule has 0 fully saturated rings. The summed E-state index contributed by atoms with van der Waals surface area (Å²) in [5.74, 6) is 1.43. The average molecular weight is 297 g/mol. The van der Waals surface area contributed by atoms with Crippen molar-refractivity contribution in [3.8, 4) is 5.75 Å². The smallest absolute Gasteiger partial charge is 0.134 e. The Bertz CT molecular complexity index is 409. The molecule has 1 aromatic rings. The van der Waals surface area contributed by atoms with Crippen LogP contribution in [0.2, 0.25) is 0 Å². The maximum atomic E-state index is 12.3. The highest BCUT2D eigenvalue weighted by Gasteiger charge is 2.09. The van der Waals surface area contributed by atoms with Crippen LogP contribution in [0, 0.1) is 0 Å². The molecule has 0 saturated carbocycles. The van der Waals surface area contributed by atoms with E-state index in [4.69, 9.17) is 4.74 Å². The highest BCUT2D eigenvalue weighted by molar-refractivity contribution is 7.85. The third-order valence-electron chi connectivity index (χ3n) is 3.27. The van der Waals surface area contributed by atoms with E-state index in [2.05, 4.69) is 19.2 Å². The fourth-order valence-corrected chi connectivity index (χ4v) is 3.39. The first-order valence-corrected chi connectivity index (χ1v) is 8.75. The molecule has 0 aromatic heterocycles. The Balaban J connectivity index is 2.30. The molecular formula is C16H27NO2S. The van der Waals surface area contributed by atoms with E-state index in [1.165, 1.54) is 6.42 Å². The van der Waals surface area contributed by atoms with Crippen LogP contribution in [0.3, 0.4) is 0 Å². The first kappa shape index (κ1) is 17.2. The van der Waals surface area contributed by atoms with E-state index in [0.717, 1.165) is 36.5 Å². The molecule has 0 aliphatic rings. The Kier molecular flexibility index (Phi) is 8.54. The molecule has 0 bridgehead atoms. The van der Waals surface area contributed by atoms with E-state index in [1.807, 2.05) is 24.3 Å². The summed E-state index contributed by atoms with van der Waals surface area (Å²) >= 11 is 0. The molecule has 0 aliphatic carbocycles. The van der Waals surface area contributed by atoms with E-state index >= 15 is 0 Å². The van der Waals surface area contributed by atoms with Crippen LogP contribution < -0.4 is 10.1 Å². The number of hydrogen-bond donors (Lipinski definition) is 1. The molecule has 0 amide bonds. The van der Waals surface area contributed by atoms with Gasteiger partial charge < -0.3 is 10.1 Å². The fraction of sp³-hybridized carbons (Fsp3) is 0.625. The lowest BCUT2D eigenvalue weighted by Crippen LogP contribution is -2.26. The molecule has 20 heavy (non-hydrogen) atoms. The largest absolute Gasteiger partial charge is 0.495 e. The summed E-state index contributed by atoms with van der Waals surface area (Å²) in [7, 11) is 0.662. The second-order valence-corrected chi connectivity index (χ2v) is 6.59. The van der Waals surface area contributed by atoms with Gasteiger partial charge >= 0.3 is 0 Å². The second-order valence-electron chi connectivity index (χ2n) is 5.05. The van der Waals surface area contributed by atoms with Crippen molar-refractivity contribution in [1.29, 1.82) is 0 Å². The van der Waals surface area contributed by atoms with Crippen LogP contribution in [0.1, 0.15) is 39.5 Å². The Morgan fingerprint density at radius 1 is 1.30 bits per heavy atom. The van der Waals surface area contributed by atoms with Gasteiger partial charge in [0.15, 0.2) is 0 Å². The molecule has 2 unspecified atom stereocenters. The molecule has 2 atom stereocenters. The SMILES string of the molecule is CCCNC(C)CCCCS(=O)c1ccccc1OC. The van der Waals surface area contributed by atoms with Crippen molar-refractivity contribution in [2.75, 3.05) is 19.4 Å². The topological polar surface area (TPSA) is 38.3 Å². The Labute approximate surface area is 125 Å². The van der Waals surface area contributed by atoms with Crippen LogP contribution in [0.5, 0.6) is 5.75 Å². The van der Waals surface area contributed by atoms with Gasteiger partial charge in [-0.2, -0.15) is 0 Å². The Morgan fingerprint density at radius 2 is 2.05 bits per heavy atom. The van der Waals surface area contributed by atoms with Gasteiger partial charge in [-0.15, -0.1) is 0 Å². The summed E-state index contributed by atoms with van der Waals surface area (Å²) in [6.45, 7) is 5.47. The van der Waals surface area contributed by atoms with Gasteiger partial charge in [0.05, 0.1) is 22.8 Å². The van der Waals surface area contributed by atoms with Gasteiger partial charge in [-0.25, -0.2) is 0 Å². The van der Waals surface area contributed by atoms with E-state index in [0.29, 0.717) is 11.8 Å².